The van der Waals surface area contributed by atoms with E-state index in [4.69, 9.17) is 0 Å². The summed E-state index contributed by atoms with van der Waals surface area (Å²) in [7, 11) is 0. The van der Waals surface area contributed by atoms with Crippen LogP contribution in [0.3, 0.4) is 0 Å². The van der Waals surface area contributed by atoms with Crippen molar-refractivity contribution >= 4 is 22.4 Å². The Balaban J connectivity index is 1.68. The van der Waals surface area contributed by atoms with E-state index in [2.05, 4.69) is 22.3 Å². The first-order chi connectivity index (χ1) is 11.2. The molecule has 1 aromatic carbocycles. The van der Waals surface area contributed by atoms with E-state index in [1.54, 1.807) is 17.1 Å². The van der Waals surface area contributed by atoms with Crippen molar-refractivity contribution in [3.8, 4) is 0 Å². The van der Waals surface area contributed by atoms with Crippen LogP contribution in [0.15, 0.2) is 42.7 Å². The highest BCUT2D eigenvalue weighted by atomic mass is 32.1. The molecule has 0 saturated heterocycles. The quantitative estimate of drug-likeness (QED) is 0.780. The summed E-state index contributed by atoms with van der Waals surface area (Å²) in [5, 5.41) is 7.74. The van der Waals surface area contributed by atoms with E-state index in [0.717, 1.165) is 22.6 Å². The second kappa shape index (κ2) is 6.75. The molecule has 0 bridgehead atoms. The second-order valence-corrected chi connectivity index (χ2v) is 6.44. The van der Waals surface area contributed by atoms with Crippen LogP contribution in [-0.2, 0) is 13.0 Å². The lowest BCUT2D eigenvalue weighted by atomic mass is 10.2. The zero-order valence-corrected chi connectivity index (χ0v) is 13.9. The number of hydrogen-bond acceptors (Lipinski definition) is 4. The van der Waals surface area contributed by atoms with Gasteiger partial charge in [-0.05, 0) is 18.9 Å². The lowest BCUT2D eigenvalue weighted by Crippen LogP contribution is -2.11. The van der Waals surface area contributed by atoms with E-state index in [1.807, 2.05) is 37.3 Å². The molecule has 2 aromatic heterocycles. The number of nitrogens with zero attached hydrogens (tertiary/aromatic N) is 3. The van der Waals surface area contributed by atoms with Gasteiger partial charge in [-0.2, -0.15) is 5.10 Å². The number of nitrogens with one attached hydrogen (secondary N) is 1. The standard InChI is InChI=1S/C17H18N4OS/c1-3-15-12(2)23-17(19-15)20-16(22)14-9-18-21(11-14)10-13-7-5-4-6-8-13/h4-9,11H,3,10H2,1-2H3,(H,19,20,22). The van der Waals surface area contributed by atoms with Crippen LogP contribution in [0.1, 0.15) is 33.4 Å². The van der Waals surface area contributed by atoms with Crippen LogP contribution < -0.4 is 5.32 Å². The molecule has 0 aliphatic rings. The van der Waals surface area contributed by atoms with Gasteiger partial charge < -0.3 is 0 Å². The van der Waals surface area contributed by atoms with E-state index in [-0.39, 0.29) is 5.91 Å². The van der Waals surface area contributed by atoms with E-state index >= 15 is 0 Å². The van der Waals surface area contributed by atoms with Gasteiger partial charge in [0.2, 0.25) is 0 Å². The fourth-order valence-corrected chi connectivity index (χ4v) is 3.21. The molecule has 3 aromatic rings. The van der Waals surface area contributed by atoms with Gasteiger partial charge in [0, 0.05) is 11.1 Å². The van der Waals surface area contributed by atoms with Gasteiger partial charge in [-0.1, -0.05) is 37.3 Å². The van der Waals surface area contributed by atoms with E-state index < -0.39 is 0 Å². The summed E-state index contributed by atoms with van der Waals surface area (Å²) in [6, 6.07) is 10.0. The van der Waals surface area contributed by atoms with Crippen LogP contribution in [0.25, 0.3) is 0 Å². The Kier molecular flexibility index (Phi) is 4.52. The Bertz CT molecular complexity index is 807. The summed E-state index contributed by atoms with van der Waals surface area (Å²) in [6.07, 6.45) is 4.20. The highest BCUT2D eigenvalue weighted by Crippen LogP contribution is 2.22. The fourth-order valence-electron chi connectivity index (χ4n) is 2.32. The van der Waals surface area contributed by atoms with Gasteiger partial charge in [0.15, 0.2) is 5.13 Å². The van der Waals surface area contributed by atoms with Gasteiger partial charge in [-0.3, -0.25) is 14.8 Å². The number of aromatic nitrogens is 3. The number of anilines is 1. The summed E-state index contributed by atoms with van der Waals surface area (Å²) in [4.78, 5) is 17.9. The van der Waals surface area contributed by atoms with Crippen molar-refractivity contribution in [1.29, 1.82) is 0 Å². The Morgan fingerprint density at radius 2 is 2.09 bits per heavy atom. The summed E-state index contributed by atoms with van der Waals surface area (Å²) in [5.74, 6) is -0.180. The van der Waals surface area contributed by atoms with Crippen molar-refractivity contribution in [2.45, 2.75) is 26.8 Å². The fraction of sp³-hybridized carbons (Fsp3) is 0.235. The maximum absolute atomic E-state index is 12.3. The van der Waals surface area contributed by atoms with Crippen LogP contribution in [0.5, 0.6) is 0 Å². The average Bonchev–Trinajstić information content (AvgIpc) is 3.15. The molecule has 5 nitrogen and oxygen atoms in total. The molecule has 0 aliphatic carbocycles. The highest BCUT2D eigenvalue weighted by Gasteiger charge is 2.13. The van der Waals surface area contributed by atoms with Gasteiger partial charge >= 0.3 is 0 Å². The third-order valence-electron chi connectivity index (χ3n) is 3.53. The second-order valence-electron chi connectivity index (χ2n) is 5.24. The van der Waals surface area contributed by atoms with Crippen LogP contribution >= 0.6 is 11.3 Å². The van der Waals surface area contributed by atoms with E-state index in [9.17, 15) is 4.79 Å². The number of benzene rings is 1. The molecule has 1 amide bonds. The number of thiazole rings is 1. The minimum atomic E-state index is -0.180. The minimum absolute atomic E-state index is 0.180. The van der Waals surface area contributed by atoms with Crippen LogP contribution in [0, 0.1) is 6.92 Å². The molecular formula is C17H18N4OS. The topological polar surface area (TPSA) is 59.8 Å². The molecule has 3 rings (SSSR count). The molecule has 1 N–H and O–H groups in total. The van der Waals surface area contributed by atoms with E-state index in [1.165, 1.54) is 11.3 Å². The third-order valence-corrected chi connectivity index (χ3v) is 4.46. The SMILES string of the molecule is CCc1nc(NC(=O)c2cnn(Cc3ccccc3)c2)sc1C. The Morgan fingerprint density at radius 1 is 1.30 bits per heavy atom. The molecule has 0 atom stereocenters. The summed E-state index contributed by atoms with van der Waals surface area (Å²) < 4.78 is 1.76. The number of aryl methyl sites for hydroxylation is 2. The zero-order valence-electron chi connectivity index (χ0n) is 13.1. The van der Waals surface area contributed by atoms with Crippen LogP contribution in [0.4, 0.5) is 5.13 Å². The molecule has 0 fully saturated rings. The molecule has 2 heterocycles. The van der Waals surface area contributed by atoms with Gasteiger partial charge in [-0.25, -0.2) is 4.98 Å². The third kappa shape index (κ3) is 3.65. The van der Waals surface area contributed by atoms with Gasteiger partial charge in [-0.15, -0.1) is 11.3 Å². The maximum atomic E-state index is 12.3. The predicted molar refractivity (Wildman–Crippen MR) is 92.0 cm³/mol. The minimum Gasteiger partial charge on any atom is -0.298 e. The van der Waals surface area contributed by atoms with Crippen molar-refractivity contribution in [2.24, 2.45) is 0 Å². The van der Waals surface area contributed by atoms with Gasteiger partial charge in [0.25, 0.3) is 5.91 Å². The number of rotatable bonds is 5. The van der Waals surface area contributed by atoms with Crippen molar-refractivity contribution in [2.75, 3.05) is 5.32 Å². The summed E-state index contributed by atoms with van der Waals surface area (Å²) >= 11 is 1.50. The molecule has 23 heavy (non-hydrogen) atoms. The number of amides is 1. The average molecular weight is 326 g/mol. The summed E-state index contributed by atoms with van der Waals surface area (Å²) in [5.41, 5.74) is 2.71. The number of carbonyl (C=O) groups excluding carboxylic acids is 1. The van der Waals surface area contributed by atoms with Crippen LogP contribution in [-0.4, -0.2) is 20.7 Å². The number of carbonyl (C=O) groups is 1. The molecule has 0 spiro atoms. The van der Waals surface area contributed by atoms with Crippen molar-refractivity contribution in [1.82, 2.24) is 14.8 Å². The predicted octanol–water partition coefficient (Wildman–Crippen LogP) is 3.51. The number of hydrogen-bond donors (Lipinski definition) is 1. The van der Waals surface area contributed by atoms with Gasteiger partial charge in [0.1, 0.15) is 0 Å². The first-order valence-electron chi connectivity index (χ1n) is 7.49. The smallest absolute Gasteiger partial charge is 0.260 e. The monoisotopic (exact) mass is 326 g/mol. The van der Waals surface area contributed by atoms with Crippen molar-refractivity contribution < 1.29 is 4.79 Å². The maximum Gasteiger partial charge on any atom is 0.260 e. The van der Waals surface area contributed by atoms with Crippen molar-refractivity contribution in [3.63, 3.8) is 0 Å². The Morgan fingerprint density at radius 3 is 2.78 bits per heavy atom. The van der Waals surface area contributed by atoms with E-state index in [0.29, 0.717) is 17.2 Å². The molecule has 118 valence electrons. The first kappa shape index (κ1) is 15.4. The zero-order chi connectivity index (χ0) is 16.2. The van der Waals surface area contributed by atoms with Crippen molar-refractivity contribution in [3.05, 3.63) is 64.4 Å². The molecular weight excluding hydrogens is 308 g/mol. The largest absolute Gasteiger partial charge is 0.298 e. The molecule has 0 unspecified atom stereocenters. The summed E-state index contributed by atoms with van der Waals surface area (Å²) in [6.45, 7) is 4.72. The lowest BCUT2D eigenvalue weighted by molar-refractivity contribution is 0.102. The molecule has 6 heteroatoms. The lowest BCUT2D eigenvalue weighted by Gasteiger charge is -2.01. The molecule has 0 radical (unpaired) electrons. The highest BCUT2D eigenvalue weighted by molar-refractivity contribution is 7.15. The first-order valence-corrected chi connectivity index (χ1v) is 8.31. The molecule has 0 saturated carbocycles. The van der Waals surface area contributed by atoms with Gasteiger partial charge in [0.05, 0.1) is 24.0 Å². The van der Waals surface area contributed by atoms with Crippen LogP contribution in [0.2, 0.25) is 0 Å². The normalized spacial score (nSPS) is 10.7. The molecule has 0 aliphatic heterocycles. The Hall–Kier alpha value is -2.47. The Labute approximate surface area is 139 Å².